The lowest BCUT2D eigenvalue weighted by Crippen LogP contribution is -2.02. The zero-order valence-electron chi connectivity index (χ0n) is 11.3. The van der Waals surface area contributed by atoms with Gasteiger partial charge in [-0.15, -0.1) is 11.6 Å². The highest BCUT2D eigenvalue weighted by atomic mass is 35.5. The first-order valence-electron chi connectivity index (χ1n) is 6.21. The van der Waals surface area contributed by atoms with Crippen LogP contribution in [0.3, 0.4) is 0 Å². The molecule has 0 N–H and O–H groups in total. The van der Waals surface area contributed by atoms with Crippen LogP contribution in [-0.2, 0) is 12.5 Å². The Bertz CT molecular complexity index is 687. The van der Waals surface area contributed by atoms with Crippen molar-refractivity contribution in [2.75, 3.05) is 0 Å². The van der Waals surface area contributed by atoms with E-state index in [1.54, 1.807) is 18.2 Å². The lowest BCUT2D eigenvalue weighted by Gasteiger charge is -2.11. The van der Waals surface area contributed by atoms with E-state index < -0.39 is 17.4 Å². The second-order valence-electron chi connectivity index (χ2n) is 4.56. The van der Waals surface area contributed by atoms with E-state index in [0.29, 0.717) is 11.1 Å². The Hall–Kier alpha value is -2.12. The van der Waals surface area contributed by atoms with Crippen LogP contribution in [0.25, 0.3) is 0 Å². The molecule has 2 aromatic rings. The van der Waals surface area contributed by atoms with Crippen molar-refractivity contribution in [3.63, 3.8) is 0 Å². The van der Waals surface area contributed by atoms with Crippen LogP contribution < -0.4 is 4.74 Å². The van der Waals surface area contributed by atoms with Crippen LogP contribution in [-0.4, -0.2) is 0 Å². The van der Waals surface area contributed by atoms with Gasteiger partial charge in [-0.2, -0.15) is 5.26 Å². The zero-order chi connectivity index (χ0) is 15.4. The lowest BCUT2D eigenvalue weighted by molar-refractivity contribution is 0.273. The summed E-state index contributed by atoms with van der Waals surface area (Å²) in [5, 5.41) is 8.79. The fourth-order valence-corrected chi connectivity index (χ4v) is 2.06. The molecule has 0 atom stereocenters. The maximum atomic E-state index is 13.8. The number of aryl methyl sites for hydroxylation is 1. The Labute approximate surface area is 126 Å². The van der Waals surface area contributed by atoms with Gasteiger partial charge in [0.15, 0.2) is 17.4 Å². The molecule has 0 aliphatic carbocycles. The monoisotopic (exact) mass is 307 g/mol. The van der Waals surface area contributed by atoms with Gasteiger partial charge in [0.1, 0.15) is 6.61 Å². The number of hydrogen-bond acceptors (Lipinski definition) is 2. The fraction of sp³-hybridized carbons (Fsp3) is 0.188. The van der Waals surface area contributed by atoms with E-state index >= 15 is 0 Å². The molecule has 108 valence electrons. The maximum absolute atomic E-state index is 13.8. The number of rotatable bonds is 4. The minimum atomic E-state index is -0.781. The van der Waals surface area contributed by atoms with Gasteiger partial charge in [-0.1, -0.05) is 6.07 Å². The Morgan fingerprint density at radius 1 is 1.19 bits per heavy atom. The molecule has 0 amide bonds. The summed E-state index contributed by atoms with van der Waals surface area (Å²) >= 11 is 5.55. The number of benzene rings is 2. The number of alkyl halides is 1. The normalized spacial score (nSPS) is 10.2. The van der Waals surface area contributed by atoms with Crippen LogP contribution in [0, 0.1) is 29.9 Å². The van der Waals surface area contributed by atoms with E-state index in [9.17, 15) is 8.78 Å². The number of ether oxygens (including phenoxy) is 1. The van der Waals surface area contributed by atoms with Gasteiger partial charge in [0.2, 0.25) is 0 Å². The van der Waals surface area contributed by atoms with Crippen LogP contribution in [0.4, 0.5) is 8.78 Å². The Kier molecular flexibility index (Phi) is 4.77. The van der Waals surface area contributed by atoms with E-state index in [0.717, 1.165) is 23.3 Å². The highest BCUT2D eigenvalue weighted by molar-refractivity contribution is 6.17. The van der Waals surface area contributed by atoms with Gasteiger partial charge < -0.3 is 4.74 Å². The van der Waals surface area contributed by atoms with Crippen molar-refractivity contribution in [3.05, 3.63) is 64.2 Å². The van der Waals surface area contributed by atoms with Crippen molar-refractivity contribution in [2.24, 2.45) is 0 Å². The van der Waals surface area contributed by atoms with Crippen LogP contribution in [0.1, 0.15) is 22.3 Å². The molecule has 0 bridgehead atoms. The van der Waals surface area contributed by atoms with Crippen molar-refractivity contribution >= 4 is 11.6 Å². The van der Waals surface area contributed by atoms with E-state index in [2.05, 4.69) is 0 Å². The summed E-state index contributed by atoms with van der Waals surface area (Å²) in [5.41, 5.74) is 2.47. The van der Waals surface area contributed by atoms with Gasteiger partial charge in [0.05, 0.1) is 11.6 Å². The molecule has 0 spiro atoms. The number of nitrogens with zero attached hydrogens (tertiary/aromatic N) is 1. The van der Waals surface area contributed by atoms with Gasteiger partial charge in [0.25, 0.3) is 0 Å². The van der Waals surface area contributed by atoms with Gasteiger partial charge >= 0.3 is 0 Å². The molecule has 2 nitrogen and oxygen atoms in total. The van der Waals surface area contributed by atoms with E-state index in [1.165, 1.54) is 0 Å². The van der Waals surface area contributed by atoms with Crippen LogP contribution in [0.5, 0.6) is 5.75 Å². The van der Waals surface area contributed by atoms with Crippen LogP contribution in [0.15, 0.2) is 30.3 Å². The number of hydrogen-bond donors (Lipinski definition) is 0. The third kappa shape index (κ3) is 3.50. The standard InChI is InChI=1S/C16H12ClF2NO/c1-10-4-11(8-20)2-3-13(10)9-21-16-14(18)5-12(7-17)6-15(16)19/h2-6H,7,9H2,1H3. The van der Waals surface area contributed by atoms with E-state index in [-0.39, 0.29) is 12.5 Å². The third-order valence-electron chi connectivity index (χ3n) is 3.06. The predicted octanol–water partition coefficient (Wildman–Crippen LogP) is 4.46. The Balaban J connectivity index is 2.19. The molecule has 2 rings (SSSR count). The third-order valence-corrected chi connectivity index (χ3v) is 3.36. The van der Waals surface area contributed by atoms with E-state index in [1.807, 2.05) is 13.0 Å². The molecule has 0 saturated heterocycles. The summed E-state index contributed by atoms with van der Waals surface area (Å²) in [6, 6.07) is 9.36. The van der Waals surface area contributed by atoms with Crippen molar-refractivity contribution in [1.29, 1.82) is 5.26 Å². The molecule has 0 unspecified atom stereocenters. The quantitative estimate of drug-likeness (QED) is 0.781. The minimum absolute atomic E-state index is 0.0194. The van der Waals surface area contributed by atoms with E-state index in [4.69, 9.17) is 21.6 Å². The van der Waals surface area contributed by atoms with Crippen LogP contribution in [0.2, 0.25) is 0 Å². The summed E-state index contributed by atoms with van der Waals surface area (Å²) in [7, 11) is 0. The highest BCUT2D eigenvalue weighted by Crippen LogP contribution is 2.25. The second-order valence-corrected chi connectivity index (χ2v) is 4.83. The summed E-state index contributed by atoms with van der Waals surface area (Å²) in [6.45, 7) is 1.83. The summed E-state index contributed by atoms with van der Waals surface area (Å²) < 4.78 is 32.7. The molecule has 0 aliphatic heterocycles. The van der Waals surface area contributed by atoms with Crippen molar-refractivity contribution < 1.29 is 13.5 Å². The number of nitriles is 1. The molecule has 0 fully saturated rings. The smallest absolute Gasteiger partial charge is 0.191 e. The first kappa shape index (κ1) is 15.3. The van der Waals surface area contributed by atoms with Crippen molar-refractivity contribution in [2.45, 2.75) is 19.4 Å². The van der Waals surface area contributed by atoms with Crippen molar-refractivity contribution in [1.82, 2.24) is 0 Å². The molecule has 0 saturated carbocycles. The molecule has 0 radical (unpaired) electrons. The first-order valence-corrected chi connectivity index (χ1v) is 6.75. The van der Waals surface area contributed by atoms with Crippen LogP contribution >= 0.6 is 11.6 Å². The second kappa shape index (κ2) is 6.55. The van der Waals surface area contributed by atoms with Gasteiger partial charge in [-0.25, -0.2) is 8.78 Å². The lowest BCUT2D eigenvalue weighted by atomic mass is 10.1. The predicted molar refractivity (Wildman–Crippen MR) is 76.1 cm³/mol. The molecule has 2 aromatic carbocycles. The average Bonchev–Trinajstić information content (AvgIpc) is 2.47. The average molecular weight is 308 g/mol. The number of halogens is 3. The fourth-order valence-electron chi connectivity index (χ4n) is 1.90. The molecule has 5 heteroatoms. The summed E-state index contributed by atoms with van der Waals surface area (Å²) in [5.74, 6) is -1.95. The highest BCUT2D eigenvalue weighted by Gasteiger charge is 2.13. The topological polar surface area (TPSA) is 33.0 Å². The molecular formula is C16H12ClF2NO. The van der Waals surface area contributed by atoms with Crippen molar-refractivity contribution in [3.8, 4) is 11.8 Å². The summed E-state index contributed by atoms with van der Waals surface area (Å²) in [4.78, 5) is 0. The van der Waals surface area contributed by atoms with Gasteiger partial charge in [-0.05, 0) is 47.9 Å². The Morgan fingerprint density at radius 2 is 1.86 bits per heavy atom. The molecule has 0 aromatic heterocycles. The SMILES string of the molecule is Cc1cc(C#N)ccc1COc1c(F)cc(CCl)cc1F. The molecule has 0 heterocycles. The Morgan fingerprint density at radius 3 is 2.38 bits per heavy atom. The van der Waals surface area contributed by atoms with Gasteiger partial charge in [0, 0.05) is 5.88 Å². The maximum Gasteiger partial charge on any atom is 0.191 e. The molecular weight excluding hydrogens is 296 g/mol. The molecule has 0 aliphatic rings. The molecule has 21 heavy (non-hydrogen) atoms. The largest absolute Gasteiger partial charge is 0.483 e. The summed E-state index contributed by atoms with van der Waals surface area (Å²) in [6.07, 6.45) is 0. The van der Waals surface area contributed by atoms with Gasteiger partial charge in [-0.3, -0.25) is 0 Å². The zero-order valence-corrected chi connectivity index (χ0v) is 12.0. The first-order chi connectivity index (χ1) is 10.0. The minimum Gasteiger partial charge on any atom is -0.483 e.